The third-order valence-corrected chi connectivity index (χ3v) is 2.90. The molecule has 96 valence electrons. The van der Waals surface area contributed by atoms with Crippen molar-refractivity contribution in [2.45, 2.75) is 32.2 Å². The molecule has 0 aromatic carbocycles. The van der Waals surface area contributed by atoms with Gasteiger partial charge in [0.1, 0.15) is 6.04 Å². The molecule has 1 aliphatic heterocycles. The van der Waals surface area contributed by atoms with Crippen LogP contribution in [-0.4, -0.2) is 47.4 Å². The minimum absolute atomic E-state index is 0.0764. The molecule has 1 fully saturated rings. The molecule has 0 aliphatic carbocycles. The van der Waals surface area contributed by atoms with Gasteiger partial charge in [-0.2, -0.15) is 0 Å². The van der Waals surface area contributed by atoms with Gasteiger partial charge in [0.15, 0.2) is 0 Å². The van der Waals surface area contributed by atoms with E-state index in [1.165, 1.54) is 4.90 Å². The predicted molar refractivity (Wildman–Crippen MR) is 60.2 cm³/mol. The Morgan fingerprint density at radius 3 is 2.65 bits per heavy atom. The molecule has 0 saturated carbocycles. The zero-order chi connectivity index (χ0) is 13.0. The molecular formula is C11H18N2O4. The lowest BCUT2D eigenvalue weighted by atomic mass is 10.1. The second-order valence-electron chi connectivity index (χ2n) is 4.36. The highest BCUT2D eigenvalue weighted by Crippen LogP contribution is 2.16. The Hall–Kier alpha value is -1.59. The molecule has 1 aliphatic rings. The number of nitrogens with zero attached hydrogens (tertiary/aromatic N) is 1. The van der Waals surface area contributed by atoms with Gasteiger partial charge in [0.05, 0.1) is 5.92 Å². The maximum absolute atomic E-state index is 11.8. The summed E-state index contributed by atoms with van der Waals surface area (Å²) in [6.45, 7) is 2.22. The van der Waals surface area contributed by atoms with E-state index in [0.29, 0.717) is 19.4 Å². The quantitative estimate of drug-likeness (QED) is 0.701. The number of hydrogen-bond donors (Lipinski definition) is 2. The normalized spacial score (nSPS) is 21.4. The summed E-state index contributed by atoms with van der Waals surface area (Å²) in [5, 5.41) is 11.4. The van der Waals surface area contributed by atoms with Crippen molar-refractivity contribution in [2.24, 2.45) is 5.92 Å². The lowest BCUT2D eigenvalue weighted by Gasteiger charge is -2.16. The Bertz CT molecular complexity index is 329. The zero-order valence-electron chi connectivity index (χ0n) is 10.1. The molecule has 1 unspecified atom stereocenters. The zero-order valence-corrected chi connectivity index (χ0v) is 10.1. The van der Waals surface area contributed by atoms with Crippen LogP contribution in [0.2, 0.25) is 0 Å². The third kappa shape index (κ3) is 3.44. The van der Waals surface area contributed by atoms with Crippen molar-refractivity contribution in [1.82, 2.24) is 10.2 Å². The van der Waals surface area contributed by atoms with Gasteiger partial charge in [-0.25, -0.2) is 4.79 Å². The van der Waals surface area contributed by atoms with Crippen molar-refractivity contribution < 1.29 is 19.5 Å². The molecular weight excluding hydrogens is 224 g/mol. The summed E-state index contributed by atoms with van der Waals surface area (Å²) in [6, 6.07) is -0.853. The molecule has 2 amide bonds. The topological polar surface area (TPSA) is 86.7 Å². The van der Waals surface area contributed by atoms with Crippen molar-refractivity contribution in [3.05, 3.63) is 0 Å². The third-order valence-electron chi connectivity index (χ3n) is 2.90. The number of hydrogen-bond acceptors (Lipinski definition) is 3. The van der Waals surface area contributed by atoms with Gasteiger partial charge in [0, 0.05) is 20.0 Å². The number of carbonyl (C=O) groups is 3. The van der Waals surface area contributed by atoms with E-state index in [9.17, 15) is 14.4 Å². The number of carboxylic acid groups (broad SMARTS) is 1. The van der Waals surface area contributed by atoms with Crippen LogP contribution in [0.15, 0.2) is 0 Å². The Labute approximate surface area is 100.0 Å². The molecule has 0 aromatic rings. The molecule has 0 bridgehead atoms. The first-order chi connectivity index (χ1) is 7.95. The molecule has 1 saturated heterocycles. The second-order valence-corrected chi connectivity index (χ2v) is 4.36. The van der Waals surface area contributed by atoms with Gasteiger partial charge < -0.3 is 15.3 Å². The fraction of sp³-hybridized carbons (Fsp3) is 0.727. The standard InChI is InChI=1S/C11H18N2O4/c1-3-4-8(11(16)17)12-10(15)7-5-9(14)13(2)6-7/h7-8H,3-6H2,1-2H3,(H,12,15)(H,16,17)/t7?,8-/m0/s1. The van der Waals surface area contributed by atoms with Crippen LogP contribution in [0.25, 0.3) is 0 Å². The summed E-state index contributed by atoms with van der Waals surface area (Å²) in [6.07, 6.45) is 1.25. The average Bonchev–Trinajstić information content (AvgIpc) is 2.58. The van der Waals surface area contributed by atoms with Gasteiger partial charge in [0.25, 0.3) is 0 Å². The fourth-order valence-electron chi connectivity index (χ4n) is 1.87. The first-order valence-corrected chi connectivity index (χ1v) is 5.72. The Morgan fingerprint density at radius 2 is 2.24 bits per heavy atom. The summed E-state index contributed by atoms with van der Waals surface area (Å²) >= 11 is 0. The van der Waals surface area contributed by atoms with Gasteiger partial charge in [-0.05, 0) is 6.42 Å². The minimum atomic E-state index is -1.03. The van der Waals surface area contributed by atoms with E-state index in [0.717, 1.165) is 0 Å². The van der Waals surface area contributed by atoms with Crippen LogP contribution in [0.3, 0.4) is 0 Å². The summed E-state index contributed by atoms with van der Waals surface area (Å²) in [4.78, 5) is 35.4. The summed E-state index contributed by atoms with van der Waals surface area (Å²) in [5.74, 6) is -1.87. The molecule has 6 heteroatoms. The van der Waals surface area contributed by atoms with Crippen molar-refractivity contribution >= 4 is 17.8 Å². The fourth-order valence-corrected chi connectivity index (χ4v) is 1.87. The average molecular weight is 242 g/mol. The molecule has 0 aromatic heterocycles. The van der Waals surface area contributed by atoms with Crippen LogP contribution in [0.5, 0.6) is 0 Å². The predicted octanol–water partition coefficient (Wildman–Crippen LogP) is -0.166. The van der Waals surface area contributed by atoms with E-state index in [4.69, 9.17) is 5.11 Å². The molecule has 1 rings (SSSR count). The van der Waals surface area contributed by atoms with E-state index in [1.54, 1.807) is 7.05 Å². The number of nitrogens with one attached hydrogen (secondary N) is 1. The van der Waals surface area contributed by atoms with Gasteiger partial charge in [-0.1, -0.05) is 13.3 Å². The van der Waals surface area contributed by atoms with E-state index >= 15 is 0 Å². The van der Waals surface area contributed by atoms with Crippen LogP contribution in [0.4, 0.5) is 0 Å². The Balaban J connectivity index is 2.53. The van der Waals surface area contributed by atoms with Gasteiger partial charge in [-0.15, -0.1) is 0 Å². The smallest absolute Gasteiger partial charge is 0.326 e. The van der Waals surface area contributed by atoms with E-state index in [-0.39, 0.29) is 18.2 Å². The van der Waals surface area contributed by atoms with E-state index in [2.05, 4.69) is 5.32 Å². The van der Waals surface area contributed by atoms with Crippen LogP contribution in [0.1, 0.15) is 26.2 Å². The van der Waals surface area contributed by atoms with Gasteiger partial charge in [-0.3, -0.25) is 9.59 Å². The first-order valence-electron chi connectivity index (χ1n) is 5.72. The highest BCUT2D eigenvalue weighted by molar-refractivity contribution is 5.91. The van der Waals surface area contributed by atoms with Crippen LogP contribution < -0.4 is 5.32 Å². The molecule has 0 spiro atoms. The largest absolute Gasteiger partial charge is 0.480 e. The number of carbonyl (C=O) groups excluding carboxylic acids is 2. The number of rotatable bonds is 5. The van der Waals surface area contributed by atoms with Crippen LogP contribution in [0, 0.1) is 5.92 Å². The monoisotopic (exact) mass is 242 g/mol. The van der Waals surface area contributed by atoms with Crippen LogP contribution in [-0.2, 0) is 14.4 Å². The van der Waals surface area contributed by atoms with Gasteiger partial charge >= 0.3 is 5.97 Å². The number of likely N-dealkylation sites (tertiary alicyclic amines) is 1. The SMILES string of the molecule is CCC[C@H](NC(=O)C1CC(=O)N(C)C1)C(=O)O. The first kappa shape index (κ1) is 13.5. The van der Waals surface area contributed by atoms with Crippen molar-refractivity contribution in [2.75, 3.05) is 13.6 Å². The van der Waals surface area contributed by atoms with Crippen molar-refractivity contribution in [3.8, 4) is 0 Å². The molecule has 2 N–H and O–H groups in total. The molecule has 2 atom stereocenters. The highest BCUT2D eigenvalue weighted by atomic mass is 16.4. The minimum Gasteiger partial charge on any atom is -0.480 e. The Morgan fingerprint density at radius 1 is 1.59 bits per heavy atom. The summed E-state index contributed by atoms with van der Waals surface area (Å²) < 4.78 is 0. The number of aliphatic carboxylic acids is 1. The Kier molecular flexibility index (Phi) is 4.48. The molecule has 6 nitrogen and oxygen atoms in total. The highest BCUT2D eigenvalue weighted by Gasteiger charge is 2.33. The van der Waals surface area contributed by atoms with Gasteiger partial charge in [0.2, 0.25) is 11.8 Å². The molecule has 1 heterocycles. The lowest BCUT2D eigenvalue weighted by Crippen LogP contribution is -2.44. The lowest BCUT2D eigenvalue weighted by molar-refractivity contribution is -0.142. The number of carboxylic acids is 1. The van der Waals surface area contributed by atoms with Crippen molar-refractivity contribution in [1.29, 1.82) is 0 Å². The second kappa shape index (κ2) is 5.65. The van der Waals surface area contributed by atoms with Crippen LogP contribution >= 0.6 is 0 Å². The maximum atomic E-state index is 11.8. The molecule has 0 radical (unpaired) electrons. The van der Waals surface area contributed by atoms with E-state index in [1.807, 2.05) is 6.92 Å². The van der Waals surface area contributed by atoms with Crippen molar-refractivity contribution in [3.63, 3.8) is 0 Å². The number of amides is 2. The summed E-state index contributed by atoms with van der Waals surface area (Å²) in [7, 11) is 1.64. The summed E-state index contributed by atoms with van der Waals surface area (Å²) in [5.41, 5.74) is 0. The van der Waals surface area contributed by atoms with E-state index < -0.39 is 17.9 Å². The maximum Gasteiger partial charge on any atom is 0.326 e. The molecule has 17 heavy (non-hydrogen) atoms.